The zero-order chi connectivity index (χ0) is 16.7. The van der Waals surface area contributed by atoms with Crippen molar-refractivity contribution >= 4 is 29.1 Å². The van der Waals surface area contributed by atoms with Crippen LogP contribution in [0, 0.1) is 0 Å². The van der Waals surface area contributed by atoms with Crippen LogP contribution in [0.25, 0.3) is 0 Å². The Morgan fingerprint density at radius 2 is 2.08 bits per heavy atom. The van der Waals surface area contributed by atoms with Gasteiger partial charge < -0.3 is 9.80 Å². The van der Waals surface area contributed by atoms with Gasteiger partial charge in [0.05, 0.1) is 24.0 Å². The van der Waals surface area contributed by atoms with Crippen LogP contribution in [0.5, 0.6) is 0 Å². The normalized spacial score (nSPS) is 22.8. The number of anilines is 1. The van der Waals surface area contributed by atoms with Crippen LogP contribution in [0.2, 0.25) is 5.02 Å². The van der Waals surface area contributed by atoms with Gasteiger partial charge >= 0.3 is 0 Å². The molecule has 2 aliphatic rings. The van der Waals surface area contributed by atoms with Crippen molar-refractivity contribution in [3.63, 3.8) is 0 Å². The molecule has 0 aliphatic carbocycles. The molecule has 0 N–H and O–H groups in total. The van der Waals surface area contributed by atoms with E-state index in [1.807, 2.05) is 17.0 Å². The first-order valence-electron chi connectivity index (χ1n) is 7.94. The average Bonchev–Trinajstić information content (AvgIpc) is 3.12. The lowest BCUT2D eigenvalue weighted by atomic mass is 10.1. The molecule has 2 fully saturated rings. The van der Waals surface area contributed by atoms with Gasteiger partial charge in [-0.05, 0) is 36.8 Å². The van der Waals surface area contributed by atoms with Gasteiger partial charge in [-0.2, -0.15) is 0 Å². The smallest absolute Gasteiger partial charge is 0.254 e. The van der Waals surface area contributed by atoms with Gasteiger partial charge in [-0.15, -0.1) is 0 Å². The molecule has 0 saturated carbocycles. The number of rotatable bonds is 2. The maximum Gasteiger partial charge on any atom is 0.254 e. The van der Waals surface area contributed by atoms with Gasteiger partial charge in [-0.1, -0.05) is 17.7 Å². The Morgan fingerprint density at radius 3 is 2.83 bits per heavy atom. The van der Waals surface area contributed by atoms with Crippen molar-refractivity contribution in [2.45, 2.75) is 24.9 Å². The summed E-state index contributed by atoms with van der Waals surface area (Å²) in [7, 11) is 0. The summed E-state index contributed by atoms with van der Waals surface area (Å²) < 4.78 is 0. The topological polar surface area (TPSA) is 53.5 Å². The Morgan fingerprint density at radius 1 is 1.21 bits per heavy atom. The van der Waals surface area contributed by atoms with Crippen molar-refractivity contribution in [2.75, 3.05) is 11.4 Å². The largest absolute Gasteiger partial charge is 0.333 e. The van der Waals surface area contributed by atoms with Gasteiger partial charge in [0.25, 0.3) is 5.91 Å². The number of carbonyl (C=O) groups excluding carboxylic acids is 2. The Hall–Kier alpha value is -2.40. The minimum absolute atomic E-state index is 0.0184. The van der Waals surface area contributed by atoms with Crippen LogP contribution >= 0.6 is 11.6 Å². The first kappa shape index (κ1) is 15.1. The van der Waals surface area contributed by atoms with Gasteiger partial charge in [0.2, 0.25) is 5.91 Å². The molecule has 5 nitrogen and oxygen atoms in total. The second-order valence-electron chi connectivity index (χ2n) is 6.11. The SMILES string of the molecule is O=C(c1cccc(Cl)c1)N1CC[C@@H]2[C@@H]1CC(=O)N2c1cccnc1. The molecule has 4 rings (SSSR count). The molecule has 0 unspecified atom stereocenters. The molecular weight excluding hydrogens is 326 g/mol. The molecule has 6 heteroatoms. The molecule has 2 atom stereocenters. The molecular formula is C18H16ClN3O2. The van der Waals surface area contributed by atoms with Crippen LogP contribution in [0.1, 0.15) is 23.2 Å². The van der Waals surface area contributed by atoms with Gasteiger partial charge in [-0.25, -0.2) is 0 Å². The minimum Gasteiger partial charge on any atom is -0.333 e. The van der Waals surface area contributed by atoms with Crippen molar-refractivity contribution in [1.29, 1.82) is 0 Å². The fourth-order valence-corrected chi connectivity index (χ4v) is 3.91. The Balaban J connectivity index is 1.60. The Bertz CT molecular complexity index is 796. The van der Waals surface area contributed by atoms with E-state index in [2.05, 4.69) is 4.98 Å². The van der Waals surface area contributed by atoms with Crippen LogP contribution in [0.4, 0.5) is 5.69 Å². The number of nitrogens with zero attached hydrogens (tertiary/aromatic N) is 3. The third kappa shape index (κ3) is 2.45. The van der Waals surface area contributed by atoms with Crippen molar-refractivity contribution < 1.29 is 9.59 Å². The zero-order valence-corrected chi connectivity index (χ0v) is 13.7. The lowest BCUT2D eigenvalue weighted by Crippen LogP contribution is -2.40. The highest BCUT2D eigenvalue weighted by molar-refractivity contribution is 6.31. The lowest BCUT2D eigenvalue weighted by Gasteiger charge is -2.25. The number of hydrogen-bond acceptors (Lipinski definition) is 3. The maximum absolute atomic E-state index is 12.8. The minimum atomic E-state index is -0.0933. The predicted octanol–water partition coefficient (Wildman–Crippen LogP) is 2.76. The summed E-state index contributed by atoms with van der Waals surface area (Å²) in [4.78, 5) is 33.0. The molecule has 0 spiro atoms. The van der Waals surface area contributed by atoms with E-state index in [0.29, 0.717) is 23.6 Å². The average molecular weight is 342 g/mol. The number of pyridine rings is 1. The summed E-state index contributed by atoms with van der Waals surface area (Å²) in [5.74, 6) is -0.0209. The summed E-state index contributed by atoms with van der Waals surface area (Å²) in [6.07, 6.45) is 4.51. The molecule has 0 bridgehead atoms. The van der Waals surface area contributed by atoms with Crippen molar-refractivity contribution in [1.82, 2.24) is 9.88 Å². The number of likely N-dealkylation sites (tertiary alicyclic amines) is 1. The van der Waals surface area contributed by atoms with Crippen LogP contribution in [-0.4, -0.2) is 40.3 Å². The van der Waals surface area contributed by atoms with Gasteiger partial charge in [-0.3, -0.25) is 14.6 Å². The van der Waals surface area contributed by atoms with Crippen LogP contribution in [0.3, 0.4) is 0 Å². The number of halogens is 1. The molecule has 1 aromatic carbocycles. The standard InChI is InChI=1S/C18H16ClN3O2/c19-13-4-1-3-12(9-13)18(24)21-8-6-15-16(21)10-17(23)22(15)14-5-2-7-20-11-14/h1-5,7,9,11,15-16H,6,8,10H2/t15-,16+/m1/s1. The first-order valence-corrected chi connectivity index (χ1v) is 8.31. The number of fused-ring (bicyclic) bond motifs is 1. The predicted molar refractivity (Wildman–Crippen MR) is 91.0 cm³/mol. The second kappa shape index (κ2) is 5.91. The molecule has 1 aromatic heterocycles. The fourth-order valence-electron chi connectivity index (χ4n) is 3.72. The molecule has 2 saturated heterocycles. The monoisotopic (exact) mass is 341 g/mol. The zero-order valence-electron chi connectivity index (χ0n) is 12.9. The summed E-state index contributed by atoms with van der Waals surface area (Å²) in [6, 6.07) is 10.6. The Kier molecular flexibility index (Phi) is 3.73. The van der Waals surface area contributed by atoms with E-state index in [4.69, 9.17) is 11.6 Å². The number of amides is 2. The van der Waals surface area contributed by atoms with Crippen molar-refractivity contribution in [3.8, 4) is 0 Å². The summed E-state index contributed by atoms with van der Waals surface area (Å²) in [6.45, 7) is 0.644. The molecule has 2 aliphatic heterocycles. The van der Waals surface area contributed by atoms with Crippen LogP contribution in [0.15, 0.2) is 48.8 Å². The lowest BCUT2D eigenvalue weighted by molar-refractivity contribution is -0.117. The highest BCUT2D eigenvalue weighted by Gasteiger charge is 2.49. The van der Waals surface area contributed by atoms with Crippen molar-refractivity contribution in [2.24, 2.45) is 0 Å². The fraction of sp³-hybridized carbons (Fsp3) is 0.278. The van der Waals surface area contributed by atoms with E-state index in [-0.39, 0.29) is 23.9 Å². The number of carbonyl (C=O) groups is 2. The van der Waals surface area contributed by atoms with E-state index in [1.54, 1.807) is 41.6 Å². The number of aromatic nitrogens is 1. The van der Waals surface area contributed by atoms with E-state index in [0.717, 1.165) is 12.1 Å². The highest BCUT2D eigenvalue weighted by Crippen LogP contribution is 2.36. The molecule has 122 valence electrons. The van der Waals surface area contributed by atoms with Gasteiger partial charge in [0.15, 0.2) is 0 Å². The third-order valence-electron chi connectivity index (χ3n) is 4.75. The first-order chi connectivity index (χ1) is 11.6. The molecule has 3 heterocycles. The molecule has 0 radical (unpaired) electrons. The van der Waals surface area contributed by atoms with E-state index < -0.39 is 0 Å². The van der Waals surface area contributed by atoms with Crippen LogP contribution in [-0.2, 0) is 4.79 Å². The van der Waals surface area contributed by atoms with E-state index in [1.165, 1.54) is 0 Å². The molecule has 2 amide bonds. The number of hydrogen-bond donors (Lipinski definition) is 0. The summed E-state index contributed by atoms with van der Waals surface area (Å²) in [5.41, 5.74) is 1.36. The molecule has 24 heavy (non-hydrogen) atoms. The maximum atomic E-state index is 12.8. The van der Waals surface area contributed by atoms with Crippen LogP contribution < -0.4 is 4.90 Å². The molecule has 2 aromatic rings. The second-order valence-corrected chi connectivity index (χ2v) is 6.55. The summed E-state index contributed by atoms with van der Waals surface area (Å²) in [5, 5.41) is 0.538. The van der Waals surface area contributed by atoms with E-state index in [9.17, 15) is 9.59 Å². The number of benzene rings is 1. The quantitative estimate of drug-likeness (QED) is 0.844. The Labute approximate surface area is 144 Å². The van der Waals surface area contributed by atoms with Gasteiger partial charge in [0.1, 0.15) is 0 Å². The van der Waals surface area contributed by atoms with Gasteiger partial charge in [0, 0.05) is 29.7 Å². The summed E-state index contributed by atoms with van der Waals surface area (Å²) >= 11 is 5.99. The highest BCUT2D eigenvalue weighted by atomic mass is 35.5. The third-order valence-corrected chi connectivity index (χ3v) is 4.99. The van der Waals surface area contributed by atoms with E-state index >= 15 is 0 Å². The van der Waals surface area contributed by atoms with Crippen molar-refractivity contribution in [3.05, 3.63) is 59.4 Å².